The Labute approximate surface area is 131 Å². The van der Waals surface area contributed by atoms with Gasteiger partial charge in [0.2, 0.25) is 5.88 Å². The molecule has 2 heterocycles. The van der Waals surface area contributed by atoms with E-state index in [1.165, 1.54) is 12.8 Å². The van der Waals surface area contributed by atoms with Gasteiger partial charge in [0.15, 0.2) is 0 Å². The van der Waals surface area contributed by atoms with Crippen LogP contribution in [0.3, 0.4) is 0 Å². The molecule has 0 radical (unpaired) electrons. The van der Waals surface area contributed by atoms with Gasteiger partial charge in [0, 0.05) is 6.07 Å². The van der Waals surface area contributed by atoms with E-state index in [2.05, 4.69) is 4.98 Å². The Morgan fingerprint density at radius 2 is 1.86 bits per heavy atom. The molecule has 0 unspecified atom stereocenters. The summed E-state index contributed by atoms with van der Waals surface area (Å²) in [7, 11) is -0.446. The van der Waals surface area contributed by atoms with E-state index in [0.29, 0.717) is 23.6 Å². The van der Waals surface area contributed by atoms with Gasteiger partial charge in [0.1, 0.15) is 5.15 Å². The third-order valence-electron chi connectivity index (χ3n) is 4.48. The Hall–Kier alpha value is -0.775. The number of ether oxygens (including phenoxy) is 1. The molecule has 3 rings (SSSR count). The Morgan fingerprint density at radius 3 is 2.43 bits per heavy atom. The predicted molar refractivity (Wildman–Crippen MR) is 83.2 cm³/mol. The lowest BCUT2D eigenvalue weighted by atomic mass is 9.80. The van der Waals surface area contributed by atoms with Crippen molar-refractivity contribution in [1.82, 2.24) is 4.98 Å². The summed E-state index contributed by atoms with van der Waals surface area (Å²) in [5.74, 6) is 1.21. The minimum Gasteiger partial charge on any atom is -0.477 e. The molecule has 6 heteroatoms. The van der Waals surface area contributed by atoms with Crippen LogP contribution in [0.4, 0.5) is 0 Å². The van der Waals surface area contributed by atoms with Crippen molar-refractivity contribution in [3.8, 4) is 5.88 Å². The number of hydrogen-bond donors (Lipinski definition) is 0. The third kappa shape index (κ3) is 3.20. The summed E-state index contributed by atoms with van der Waals surface area (Å²) in [5.41, 5.74) is 0.102. The lowest BCUT2D eigenvalue weighted by Gasteiger charge is -2.32. The quantitative estimate of drug-likeness (QED) is 0.633. The van der Waals surface area contributed by atoms with Gasteiger partial charge in [-0.3, -0.25) is 0 Å². The average molecular weight is 310 g/mol. The van der Waals surface area contributed by atoms with Crippen LogP contribution in [-0.2, 0) is 9.31 Å². The van der Waals surface area contributed by atoms with Crippen LogP contribution in [0, 0.1) is 5.92 Å². The van der Waals surface area contributed by atoms with Crippen molar-refractivity contribution in [3.05, 3.63) is 17.3 Å². The molecule has 1 aliphatic heterocycles. The Bertz CT molecular complexity index is 530. The van der Waals surface area contributed by atoms with Crippen molar-refractivity contribution in [2.24, 2.45) is 5.92 Å². The Kier molecular flexibility index (Phi) is 3.71. The summed E-state index contributed by atoms with van der Waals surface area (Å²) in [5, 5.41) is 0.396. The lowest BCUT2D eigenvalue weighted by Crippen LogP contribution is -2.41. The van der Waals surface area contributed by atoms with Crippen molar-refractivity contribution < 1.29 is 14.0 Å². The van der Waals surface area contributed by atoms with E-state index in [4.69, 9.17) is 25.6 Å². The summed E-state index contributed by atoms with van der Waals surface area (Å²) in [4.78, 5) is 4.21. The molecule has 0 aromatic carbocycles. The second-order valence-electron chi connectivity index (χ2n) is 6.90. The highest BCUT2D eigenvalue weighted by atomic mass is 35.5. The van der Waals surface area contributed by atoms with Gasteiger partial charge in [-0.15, -0.1) is 0 Å². The molecule has 0 bridgehead atoms. The highest BCUT2D eigenvalue weighted by Crippen LogP contribution is 2.36. The number of nitrogens with zero attached hydrogens (tertiary/aromatic N) is 1. The van der Waals surface area contributed by atoms with Gasteiger partial charge in [0.05, 0.1) is 17.8 Å². The van der Waals surface area contributed by atoms with Crippen LogP contribution in [-0.4, -0.2) is 29.9 Å². The number of pyridine rings is 1. The number of halogens is 1. The van der Waals surface area contributed by atoms with Crippen molar-refractivity contribution in [3.63, 3.8) is 0 Å². The molecule has 4 nitrogen and oxygen atoms in total. The first-order valence-electron chi connectivity index (χ1n) is 7.43. The largest absolute Gasteiger partial charge is 0.495 e. The molecular weight excluding hydrogens is 288 g/mol. The van der Waals surface area contributed by atoms with Gasteiger partial charge in [-0.25, -0.2) is 4.98 Å². The zero-order chi connectivity index (χ0) is 15.3. The molecular formula is C15H21BClNO3. The van der Waals surface area contributed by atoms with Gasteiger partial charge in [0.25, 0.3) is 0 Å². The third-order valence-corrected chi connectivity index (χ3v) is 4.68. The maximum Gasteiger partial charge on any atom is 0.495 e. The SMILES string of the molecule is CC1(C)OB(c2cc(Cl)nc(OCC3CC3)c2)OC1(C)C. The van der Waals surface area contributed by atoms with Crippen LogP contribution in [0.1, 0.15) is 40.5 Å². The van der Waals surface area contributed by atoms with Crippen LogP contribution in [0.25, 0.3) is 0 Å². The minimum absolute atomic E-state index is 0.373. The predicted octanol–water partition coefficient (Wildman–Crippen LogP) is 2.82. The smallest absolute Gasteiger partial charge is 0.477 e. The first-order chi connectivity index (χ1) is 9.77. The maximum atomic E-state index is 6.10. The Morgan fingerprint density at radius 1 is 1.24 bits per heavy atom. The fourth-order valence-electron chi connectivity index (χ4n) is 2.17. The fourth-order valence-corrected chi connectivity index (χ4v) is 2.38. The number of aromatic nitrogens is 1. The van der Waals surface area contributed by atoms with Gasteiger partial charge in [-0.2, -0.15) is 0 Å². The topological polar surface area (TPSA) is 40.6 Å². The average Bonchev–Trinajstić information content (AvgIpc) is 3.14. The lowest BCUT2D eigenvalue weighted by molar-refractivity contribution is 0.00578. The van der Waals surface area contributed by atoms with Crippen LogP contribution in [0.5, 0.6) is 5.88 Å². The van der Waals surface area contributed by atoms with Crippen LogP contribution < -0.4 is 10.2 Å². The highest BCUT2D eigenvalue weighted by molar-refractivity contribution is 6.62. The molecule has 0 spiro atoms. The molecule has 1 saturated carbocycles. The summed E-state index contributed by atoms with van der Waals surface area (Å²) in [6, 6.07) is 3.63. The number of hydrogen-bond acceptors (Lipinski definition) is 4. The summed E-state index contributed by atoms with van der Waals surface area (Å²) in [6.45, 7) is 8.82. The zero-order valence-corrected chi connectivity index (χ0v) is 13.7. The molecule has 1 aromatic heterocycles. The van der Waals surface area contributed by atoms with E-state index in [9.17, 15) is 0 Å². The molecule has 0 atom stereocenters. The standard InChI is InChI=1S/C15H21BClNO3/c1-14(2)15(3,4)21-16(20-14)11-7-12(17)18-13(8-11)19-9-10-5-6-10/h7-8,10H,5-6,9H2,1-4H3. The van der Waals surface area contributed by atoms with Crippen molar-refractivity contribution in [2.45, 2.75) is 51.7 Å². The molecule has 1 aromatic rings. The van der Waals surface area contributed by atoms with E-state index in [1.807, 2.05) is 33.8 Å². The molecule has 0 N–H and O–H groups in total. The molecule has 1 aliphatic carbocycles. The molecule has 2 fully saturated rings. The minimum atomic E-state index is -0.446. The Balaban J connectivity index is 1.78. The van der Waals surface area contributed by atoms with Crippen molar-refractivity contribution >= 4 is 24.2 Å². The van der Waals surface area contributed by atoms with Crippen LogP contribution in [0.15, 0.2) is 12.1 Å². The number of rotatable bonds is 4. The first kappa shape index (κ1) is 15.1. The van der Waals surface area contributed by atoms with E-state index in [0.717, 1.165) is 5.46 Å². The van der Waals surface area contributed by atoms with E-state index < -0.39 is 7.12 Å². The summed E-state index contributed by atoms with van der Waals surface area (Å²) >= 11 is 6.10. The maximum absolute atomic E-state index is 6.10. The monoisotopic (exact) mass is 309 g/mol. The second kappa shape index (κ2) is 5.15. The van der Waals surface area contributed by atoms with Gasteiger partial charge < -0.3 is 14.0 Å². The van der Waals surface area contributed by atoms with Crippen LogP contribution in [0.2, 0.25) is 5.15 Å². The highest BCUT2D eigenvalue weighted by Gasteiger charge is 2.51. The molecule has 114 valence electrons. The van der Waals surface area contributed by atoms with Gasteiger partial charge >= 0.3 is 7.12 Å². The van der Waals surface area contributed by atoms with E-state index in [1.54, 1.807) is 6.07 Å². The zero-order valence-electron chi connectivity index (χ0n) is 13.0. The van der Waals surface area contributed by atoms with Crippen molar-refractivity contribution in [2.75, 3.05) is 6.61 Å². The van der Waals surface area contributed by atoms with Gasteiger partial charge in [-0.1, -0.05) is 11.6 Å². The molecule has 2 aliphatic rings. The molecule has 1 saturated heterocycles. The van der Waals surface area contributed by atoms with Gasteiger partial charge in [-0.05, 0) is 58.0 Å². The second-order valence-corrected chi connectivity index (χ2v) is 7.29. The first-order valence-corrected chi connectivity index (χ1v) is 7.80. The van der Waals surface area contributed by atoms with Crippen LogP contribution >= 0.6 is 11.6 Å². The van der Waals surface area contributed by atoms with E-state index in [-0.39, 0.29) is 11.2 Å². The van der Waals surface area contributed by atoms with Crippen molar-refractivity contribution in [1.29, 1.82) is 0 Å². The fraction of sp³-hybridized carbons (Fsp3) is 0.667. The summed E-state index contributed by atoms with van der Waals surface area (Å²) < 4.78 is 17.8. The summed E-state index contributed by atoms with van der Waals surface area (Å²) in [6.07, 6.45) is 2.48. The molecule has 21 heavy (non-hydrogen) atoms. The van der Waals surface area contributed by atoms with E-state index >= 15 is 0 Å². The normalized spacial score (nSPS) is 23.4. The molecule has 0 amide bonds.